The summed E-state index contributed by atoms with van der Waals surface area (Å²) in [5.74, 6) is 0. The molecule has 1 aliphatic heterocycles. The van der Waals surface area contributed by atoms with Gasteiger partial charge >= 0.3 is 0 Å². The monoisotopic (exact) mass is 216 g/mol. The summed E-state index contributed by atoms with van der Waals surface area (Å²) in [7, 11) is 4.04. The Labute approximate surface area is 96.2 Å². The fraction of sp³-hybridized carbons (Fsp3) is 0.462. The number of nitriles is 1. The first-order valence-corrected chi connectivity index (χ1v) is 5.40. The molecule has 0 aromatic heterocycles. The molecule has 0 bridgehead atoms. The topological polar surface area (TPSA) is 36.3 Å². The van der Waals surface area contributed by atoms with Gasteiger partial charge in [-0.05, 0) is 17.7 Å². The molecule has 0 aliphatic carbocycles. The van der Waals surface area contributed by atoms with E-state index < -0.39 is 0 Å². The van der Waals surface area contributed by atoms with Crippen LogP contribution in [0.3, 0.4) is 0 Å². The number of ether oxygens (including phenoxy) is 1. The maximum absolute atomic E-state index is 8.86. The Morgan fingerprint density at radius 2 is 1.94 bits per heavy atom. The molecular formula is C13H16N2O. The van der Waals surface area contributed by atoms with Gasteiger partial charge in [-0.15, -0.1) is 0 Å². The van der Waals surface area contributed by atoms with Gasteiger partial charge in [0.2, 0.25) is 0 Å². The van der Waals surface area contributed by atoms with Crippen LogP contribution in [0.2, 0.25) is 0 Å². The highest BCUT2D eigenvalue weighted by molar-refractivity contribution is 5.48. The Morgan fingerprint density at radius 1 is 1.31 bits per heavy atom. The fourth-order valence-corrected chi connectivity index (χ4v) is 1.98. The van der Waals surface area contributed by atoms with E-state index in [0.29, 0.717) is 19.6 Å². The van der Waals surface area contributed by atoms with E-state index in [-0.39, 0.29) is 5.41 Å². The molecule has 3 heteroatoms. The van der Waals surface area contributed by atoms with E-state index in [1.165, 1.54) is 11.3 Å². The van der Waals surface area contributed by atoms with Gasteiger partial charge in [0.05, 0.1) is 24.7 Å². The molecule has 0 radical (unpaired) electrons. The molecule has 3 nitrogen and oxygen atoms in total. The molecule has 1 fully saturated rings. The van der Waals surface area contributed by atoms with Crippen molar-refractivity contribution in [2.45, 2.75) is 11.8 Å². The van der Waals surface area contributed by atoms with Gasteiger partial charge in [0.1, 0.15) is 0 Å². The van der Waals surface area contributed by atoms with Crippen LogP contribution in [0.4, 0.5) is 5.69 Å². The third kappa shape index (κ3) is 1.77. The Balaban J connectivity index is 2.24. The minimum absolute atomic E-state index is 0.0560. The van der Waals surface area contributed by atoms with Crippen LogP contribution in [0, 0.1) is 11.3 Å². The smallest absolute Gasteiger partial charge is 0.0632 e. The lowest BCUT2D eigenvalue weighted by molar-refractivity contribution is -0.0577. The van der Waals surface area contributed by atoms with E-state index in [9.17, 15) is 0 Å². The summed E-state index contributed by atoms with van der Waals surface area (Å²) in [6.07, 6.45) is 0.536. The van der Waals surface area contributed by atoms with E-state index in [1.54, 1.807) is 0 Å². The summed E-state index contributed by atoms with van der Waals surface area (Å²) in [5, 5.41) is 8.86. The zero-order valence-electron chi connectivity index (χ0n) is 9.73. The lowest BCUT2D eigenvalue weighted by atomic mass is 9.76. The molecule has 0 saturated carbocycles. The summed E-state index contributed by atoms with van der Waals surface area (Å²) >= 11 is 0. The molecule has 2 rings (SSSR count). The third-order valence-electron chi connectivity index (χ3n) is 3.17. The molecule has 0 N–H and O–H groups in total. The largest absolute Gasteiger partial charge is 0.379 e. The quantitative estimate of drug-likeness (QED) is 0.774. The first kappa shape index (κ1) is 11.0. The maximum atomic E-state index is 8.86. The standard InChI is InChI=1S/C13H16N2O/c1-15(2)12-5-3-11(4-6-12)13(7-8-14)9-16-10-13/h3-6H,7,9-10H2,1-2H3. The number of rotatable bonds is 3. The van der Waals surface area contributed by atoms with Crippen molar-refractivity contribution in [2.24, 2.45) is 0 Å². The summed E-state index contributed by atoms with van der Waals surface area (Å²) in [6, 6.07) is 10.6. The van der Waals surface area contributed by atoms with Gasteiger partial charge in [0.15, 0.2) is 0 Å². The molecule has 1 aliphatic rings. The second-order valence-electron chi connectivity index (χ2n) is 4.55. The van der Waals surface area contributed by atoms with Gasteiger partial charge in [0, 0.05) is 26.2 Å². The number of benzene rings is 1. The van der Waals surface area contributed by atoms with Crippen LogP contribution >= 0.6 is 0 Å². The minimum atomic E-state index is -0.0560. The zero-order chi connectivity index (χ0) is 11.6. The van der Waals surface area contributed by atoms with E-state index in [0.717, 1.165) is 0 Å². The molecular weight excluding hydrogens is 200 g/mol. The van der Waals surface area contributed by atoms with Crippen molar-refractivity contribution in [3.63, 3.8) is 0 Å². The first-order chi connectivity index (χ1) is 7.68. The predicted octanol–water partition coefficient (Wildman–Crippen LogP) is 1.93. The second kappa shape index (κ2) is 4.15. The van der Waals surface area contributed by atoms with Crippen molar-refractivity contribution >= 4 is 5.69 Å². The molecule has 1 aromatic carbocycles. The molecule has 1 heterocycles. The molecule has 16 heavy (non-hydrogen) atoms. The molecule has 0 unspecified atom stereocenters. The van der Waals surface area contributed by atoms with Crippen molar-refractivity contribution in [1.82, 2.24) is 0 Å². The highest BCUT2D eigenvalue weighted by atomic mass is 16.5. The van der Waals surface area contributed by atoms with Crippen molar-refractivity contribution in [2.75, 3.05) is 32.2 Å². The van der Waals surface area contributed by atoms with Crippen molar-refractivity contribution in [3.05, 3.63) is 29.8 Å². The van der Waals surface area contributed by atoms with Crippen molar-refractivity contribution in [1.29, 1.82) is 5.26 Å². The summed E-state index contributed by atoms with van der Waals surface area (Å²) in [5.41, 5.74) is 2.33. The van der Waals surface area contributed by atoms with Gasteiger partial charge in [0.25, 0.3) is 0 Å². The lowest BCUT2D eigenvalue weighted by Gasteiger charge is -2.40. The lowest BCUT2D eigenvalue weighted by Crippen LogP contribution is -2.46. The third-order valence-corrected chi connectivity index (χ3v) is 3.17. The molecule has 1 aromatic rings. The summed E-state index contributed by atoms with van der Waals surface area (Å²) < 4.78 is 5.26. The molecule has 84 valence electrons. The van der Waals surface area contributed by atoms with Crippen LogP contribution in [0.25, 0.3) is 0 Å². The fourth-order valence-electron chi connectivity index (χ4n) is 1.98. The van der Waals surface area contributed by atoms with Crippen LogP contribution in [0.15, 0.2) is 24.3 Å². The van der Waals surface area contributed by atoms with Gasteiger partial charge in [-0.2, -0.15) is 5.26 Å². The van der Waals surface area contributed by atoms with Crippen LogP contribution < -0.4 is 4.90 Å². The Hall–Kier alpha value is -1.53. The van der Waals surface area contributed by atoms with E-state index in [2.05, 4.69) is 35.2 Å². The Kier molecular flexibility index (Phi) is 2.84. The maximum Gasteiger partial charge on any atom is 0.0632 e. The summed E-state index contributed by atoms with van der Waals surface area (Å²) in [6.45, 7) is 1.34. The highest BCUT2D eigenvalue weighted by Gasteiger charge is 2.40. The SMILES string of the molecule is CN(C)c1ccc(C2(CC#N)COC2)cc1. The molecule has 0 amide bonds. The van der Waals surface area contributed by atoms with Gasteiger partial charge in [-0.25, -0.2) is 0 Å². The number of hydrogen-bond donors (Lipinski definition) is 0. The number of hydrogen-bond acceptors (Lipinski definition) is 3. The van der Waals surface area contributed by atoms with Crippen LogP contribution in [-0.4, -0.2) is 27.3 Å². The van der Waals surface area contributed by atoms with E-state index >= 15 is 0 Å². The number of nitrogens with zero attached hydrogens (tertiary/aromatic N) is 2. The Morgan fingerprint density at radius 3 is 2.31 bits per heavy atom. The number of anilines is 1. The summed E-state index contributed by atoms with van der Waals surface area (Å²) in [4.78, 5) is 2.07. The van der Waals surface area contributed by atoms with E-state index in [1.807, 2.05) is 14.1 Å². The van der Waals surface area contributed by atoms with Crippen LogP contribution in [0.5, 0.6) is 0 Å². The molecule has 0 spiro atoms. The average Bonchev–Trinajstić information content (AvgIpc) is 2.23. The van der Waals surface area contributed by atoms with Crippen molar-refractivity contribution in [3.8, 4) is 6.07 Å². The van der Waals surface area contributed by atoms with E-state index in [4.69, 9.17) is 10.00 Å². The molecule has 0 atom stereocenters. The van der Waals surface area contributed by atoms with Crippen LogP contribution in [-0.2, 0) is 10.2 Å². The zero-order valence-corrected chi connectivity index (χ0v) is 9.73. The average molecular weight is 216 g/mol. The second-order valence-corrected chi connectivity index (χ2v) is 4.55. The van der Waals surface area contributed by atoms with Gasteiger partial charge < -0.3 is 9.64 Å². The normalized spacial score (nSPS) is 17.3. The minimum Gasteiger partial charge on any atom is -0.379 e. The van der Waals surface area contributed by atoms with Crippen LogP contribution in [0.1, 0.15) is 12.0 Å². The molecule has 1 saturated heterocycles. The first-order valence-electron chi connectivity index (χ1n) is 5.40. The van der Waals surface area contributed by atoms with Crippen molar-refractivity contribution < 1.29 is 4.74 Å². The Bertz CT molecular complexity index is 399. The van der Waals surface area contributed by atoms with Gasteiger partial charge in [-0.1, -0.05) is 12.1 Å². The van der Waals surface area contributed by atoms with Gasteiger partial charge in [-0.3, -0.25) is 0 Å². The highest BCUT2D eigenvalue weighted by Crippen LogP contribution is 2.36. The predicted molar refractivity (Wildman–Crippen MR) is 63.5 cm³/mol.